The van der Waals surface area contributed by atoms with Crippen molar-refractivity contribution in [2.75, 3.05) is 26.2 Å². The number of nitrogens with zero attached hydrogens (tertiary/aromatic N) is 2. The molecule has 1 aromatic rings. The summed E-state index contributed by atoms with van der Waals surface area (Å²) in [4.78, 5) is 20.4. The lowest BCUT2D eigenvalue weighted by molar-refractivity contribution is -0.0345. The molecular formula is C11H16BrN3O3. The summed E-state index contributed by atoms with van der Waals surface area (Å²) in [6.07, 6.45) is 0.777. The molecule has 1 unspecified atom stereocenters. The van der Waals surface area contributed by atoms with E-state index in [-0.39, 0.29) is 16.5 Å². The van der Waals surface area contributed by atoms with E-state index >= 15 is 0 Å². The number of aromatic hydroxyl groups is 1. The minimum absolute atomic E-state index is 0.0486. The molecule has 1 aliphatic heterocycles. The summed E-state index contributed by atoms with van der Waals surface area (Å²) >= 11 is 2.97. The van der Waals surface area contributed by atoms with Crippen molar-refractivity contribution in [3.63, 3.8) is 0 Å². The molecule has 2 rings (SSSR count). The van der Waals surface area contributed by atoms with E-state index in [0.29, 0.717) is 19.0 Å². The van der Waals surface area contributed by atoms with E-state index in [1.165, 1.54) is 0 Å². The Kier molecular flexibility index (Phi) is 4.36. The number of morpholine rings is 1. The van der Waals surface area contributed by atoms with Gasteiger partial charge in [0.25, 0.3) is 5.56 Å². The van der Waals surface area contributed by atoms with Gasteiger partial charge in [0.1, 0.15) is 16.4 Å². The molecule has 0 bridgehead atoms. The van der Waals surface area contributed by atoms with Crippen LogP contribution in [0.2, 0.25) is 0 Å². The van der Waals surface area contributed by atoms with Gasteiger partial charge in [0, 0.05) is 13.1 Å². The first-order valence-corrected chi connectivity index (χ1v) is 6.73. The SMILES string of the molecule is CCCN1CCOC(c2nc(O)c(Br)c(=O)[nH]2)C1. The summed E-state index contributed by atoms with van der Waals surface area (Å²) in [5.74, 6) is 0.0754. The number of aromatic amines is 1. The van der Waals surface area contributed by atoms with E-state index < -0.39 is 5.56 Å². The van der Waals surface area contributed by atoms with Crippen molar-refractivity contribution >= 4 is 15.9 Å². The Labute approximate surface area is 113 Å². The van der Waals surface area contributed by atoms with Crippen LogP contribution in [0.25, 0.3) is 0 Å². The second-order valence-electron chi connectivity index (χ2n) is 4.25. The maximum atomic E-state index is 11.5. The summed E-state index contributed by atoms with van der Waals surface area (Å²) < 4.78 is 5.64. The average Bonchev–Trinajstić information content (AvgIpc) is 2.36. The van der Waals surface area contributed by atoms with Crippen molar-refractivity contribution in [2.24, 2.45) is 0 Å². The Balaban J connectivity index is 2.18. The highest BCUT2D eigenvalue weighted by molar-refractivity contribution is 9.10. The number of nitrogens with one attached hydrogen (secondary N) is 1. The highest BCUT2D eigenvalue weighted by Crippen LogP contribution is 2.22. The van der Waals surface area contributed by atoms with Gasteiger partial charge in [0.05, 0.1) is 6.61 Å². The summed E-state index contributed by atoms with van der Waals surface area (Å²) in [5, 5.41) is 9.53. The van der Waals surface area contributed by atoms with Crippen molar-refractivity contribution in [3.05, 3.63) is 20.7 Å². The van der Waals surface area contributed by atoms with Gasteiger partial charge < -0.3 is 14.8 Å². The van der Waals surface area contributed by atoms with E-state index in [2.05, 4.69) is 37.7 Å². The molecule has 0 aromatic carbocycles. The third-order valence-corrected chi connectivity index (χ3v) is 3.57. The monoisotopic (exact) mass is 317 g/mol. The van der Waals surface area contributed by atoms with Gasteiger partial charge in [-0.25, -0.2) is 0 Å². The zero-order chi connectivity index (χ0) is 13.1. The molecule has 1 saturated heterocycles. The maximum Gasteiger partial charge on any atom is 0.269 e. The Bertz CT molecular complexity index is 475. The van der Waals surface area contributed by atoms with Crippen LogP contribution in [0.5, 0.6) is 5.88 Å². The van der Waals surface area contributed by atoms with Crippen LogP contribution in [0.3, 0.4) is 0 Å². The number of H-pyrrole nitrogens is 1. The highest BCUT2D eigenvalue weighted by atomic mass is 79.9. The van der Waals surface area contributed by atoms with E-state index in [1.54, 1.807) is 0 Å². The van der Waals surface area contributed by atoms with Crippen molar-refractivity contribution in [1.29, 1.82) is 0 Å². The average molecular weight is 318 g/mol. The second kappa shape index (κ2) is 5.81. The van der Waals surface area contributed by atoms with E-state index in [4.69, 9.17) is 4.74 Å². The summed E-state index contributed by atoms with van der Waals surface area (Å²) in [6, 6.07) is 0. The molecule has 1 aliphatic rings. The van der Waals surface area contributed by atoms with Gasteiger partial charge in [-0.05, 0) is 28.9 Å². The highest BCUT2D eigenvalue weighted by Gasteiger charge is 2.24. The number of ether oxygens (including phenoxy) is 1. The zero-order valence-electron chi connectivity index (χ0n) is 10.1. The van der Waals surface area contributed by atoms with Crippen LogP contribution >= 0.6 is 15.9 Å². The van der Waals surface area contributed by atoms with Crippen molar-refractivity contribution in [2.45, 2.75) is 19.4 Å². The van der Waals surface area contributed by atoms with Crippen LogP contribution in [-0.4, -0.2) is 46.2 Å². The molecule has 0 amide bonds. The molecule has 1 aromatic heterocycles. The molecule has 6 nitrogen and oxygen atoms in total. The van der Waals surface area contributed by atoms with Crippen LogP contribution in [0.15, 0.2) is 9.27 Å². The predicted octanol–water partition coefficient (Wildman–Crippen LogP) is 1.02. The molecule has 100 valence electrons. The molecule has 0 aliphatic carbocycles. The number of halogens is 1. The lowest BCUT2D eigenvalue weighted by Crippen LogP contribution is -2.39. The molecule has 0 saturated carbocycles. The van der Waals surface area contributed by atoms with E-state index in [9.17, 15) is 9.90 Å². The van der Waals surface area contributed by atoms with Crippen LogP contribution < -0.4 is 5.56 Å². The Morgan fingerprint density at radius 3 is 3.11 bits per heavy atom. The first-order chi connectivity index (χ1) is 8.61. The number of hydrogen-bond acceptors (Lipinski definition) is 5. The summed E-state index contributed by atoms with van der Waals surface area (Å²) in [6.45, 7) is 5.28. The minimum Gasteiger partial charge on any atom is -0.492 e. The molecule has 0 spiro atoms. The van der Waals surface area contributed by atoms with Crippen molar-refractivity contribution in [3.8, 4) is 5.88 Å². The fraction of sp³-hybridized carbons (Fsp3) is 0.636. The van der Waals surface area contributed by atoms with E-state index in [1.807, 2.05) is 0 Å². The van der Waals surface area contributed by atoms with Crippen molar-refractivity contribution in [1.82, 2.24) is 14.9 Å². The molecular weight excluding hydrogens is 302 g/mol. The number of aromatic nitrogens is 2. The first-order valence-electron chi connectivity index (χ1n) is 5.94. The molecule has 7 heteroatoms. The van der Waals surface area contributed by atoms with Crippen LogP contribution in [0.4, 0.5) is 0 Å². The summed E-state index contributed by atoms with van der Waals surface area (Å²) in [5.41, 5.74) is -0.395. The van der Waals surface area contributed by atoms with Crippen molar-refractivity contribution < 1.29 is 9.84 Å². The predicted molar refractivity (Wildman–Crippen MR) is 69.6 cm³/mol. The van der Waals surface area contributed by atoms with Gasteiger partial charge in [-0.15, -0.1) is 0 Å². The molecule has 18 heavy (non-hydrogen) atoms. The van der Waals surface area contributed by atoms with Crippen LogP contribution in [0.1, 0.15) is 25.3 Å². The van der Waals surface area contributed by atoms with Gasteiger partial charge in [0.15, 0.2) is 0 Å². The van der Waals surface area contributed by atoms with Gasteiger partial charge in [-0.2, -0.15) is 4.98 Å². The molecule has 2 heterocycles. The standard InChI is InChI=1S/C11H16BrN3O3/c1-2-3-15-4-5-18-7(6-15)9-13-10(16)8(12)11(17)14-9/h7H,2-6H2,1H3,(H2,13,14,16,17). The van der Waals surface area contributed by atoms with Gasteiger partial charge >= 0.3 is 0 Å². The van der Waals surface area contributed by atoms with Crippen LogP contribution in [0, 0.1) is 0 Å². The fourth-order valence-corrected chi connectivity index (χ4v) is 2.19. The zero-order valence-corrected chi connectivity index (χ0v) is 11.7. The van der Waals surface area contributed by atoms with Crippen LogP contribution in [-0.2, 0) is 4.74 Å². The maximum absolute atomic E-state index is 11.5. The Hall–Kier alpha value is -0.920. The lowest BCUT2D eigenvalue weighted by atomic mass is 10.2. The molecule has 1 fully saturated rings. The third-order valence-electron chi connectivity index (χ3n) is 2.86. The lowest BCUT2D eigenvalue weighted by Gasteiger charge is -2.31. The van der Waals surface area contributed by atoms with Gasteiger partial charge in [0.2, 0.25) is 5.88 Å². The molecule has 2 N–H and O–H groups in total. The van der Waals surface area contributed by atoms with Gasteiger partial charge in [-0.1, -0.05) is 6.92 Å². The fourth-order valence-electron chi connectivity index (χ4n) is 2.00. The molecule has 1 atom stereocenters. The quantitative estimate of drug-likeness (QED) is 0.870. The minimum atomic E-state index is -0.395. The summed E-state index contributed by atoms with van der Waals surface area (Å²) in [7, 11) is 0. The second-order valence-corrected chi connectivity index (χ2v) is 5.04. The Morgan fingerprint density at radius 1 is 1.67 bits per heavy atom. The van der Waals surface area contributed by atoms with E-state index in [0.717, 1.165) is 19.5 Å². The largest absolute Gasteiger partial charge is 0.492 e. The topological polar surface area (TPSA) is 78.5 Å². The number of rotatable bonds is 3. The number of hydrogen-bond donors (Lipinski definition) is 2. The Morgan fingerprint density at radius 2 is 2.44 bits per heavy atom. The molecule has 0 radical (unpaired) electrons. The van der Waals surface area contributed by atoms with Gasteiger partial charge in [-0.3, -0.25) is 9.69 Å². The normalized spacial score (nSPS) is 21.1. The first kappa shape index (κ1) is 13.5. The smallest absolute Gasteiger partial charge is 0.269 e. The third kappa shape index (κ3) is 2.90.